The smallest absolute Gasteiger partial charge is 0.333 e. The largest absolute Gasteiger partial charge is 0.456 e. The molecule has 2 N–H and O–H groups in total. The number of esters is 1. The monoisotopic (exact) mass is 312 g/mol. The summed E-state index contributed by atoms with van der Waals surface area (Å²) in [5.74, 6) is -0.444. The van der Waals surface area contributed by atoms with Crippen LogP contribution in [0.4, 0.5) is 10.5 Å². The quantitative estimate of drug-likeness (QED) is 0.660. The standard InChI is InChI=1S/C13H13ClN2O3S/c1-2-8-3-4-9(5-11(8)14)16-20-13(18)15-10-6-12(17)19-7-10/h3-6,16H,2,7H2,1H3,(H,15,18). The zero-order valence-electron chi connectivity index (χ0n) is 10.7. The molecule has 1 aliphatic rings. The van der Waals surface area contributed by atoms with Crippen LogP contribution in [0.15, 0.2) is 30.0 Å². The summed E-state index contributed by atoms with van der Waals surface area (Å²) in [5.41, 5.74) is 2.24. The Labute approximate surface area is 125 Å². The highest BCUT2D eigenvalue weighted by Gasteiger charge is 2.15. The lowest BCUT2D eigenvalue weighted by Gasteiger charge is -2.08. The van der Waals surface area contributed by atoms with Crippen LogP contribution in [0.25, 0.3) is 0 Å². The van der Waals surface area contributed by atoms with Gasteiger partial charge >= 0.3 is 11.2 Å². The summed E-state index contributed by atoms with van der Waals surface area (Å²) in [7, 11) is 0. The molecule has 20 heavy (non-hydrogen) atoms. The predicted molar refractivity (Wildman–Crippen MR) is 79.6 cm³/mol. The lowest BCUT2D eigenvalue weighted by Crippen LogP contribution is -2.20. The maximum atomic E-state index is 11.6. The van der Waals surface area contributed by atoms with E-state index >= 15 is 0 Å². The second-order valence-corrected chi connectivity index (χ2v) is 5.24. The zero-order chi connectivity index (χ0) is 14.5. The summed E-state index contributed by atoms with van der Waals surface area (Å²) < 4.78 is 7.57. The Morgan fingerprint density at radius 3 is 2.90 bits per heavy atom. The summed E-state index contributed by atoms with van der Waals surface area (Å²) >= 11 is 6.96. The van der Waals surface area contributed by atoms with Crippen LogP contribution in [-0.4, -0.2) is 17.8 Å². The number of benzene rings is 1. The highest BCUT2D eigenvalue weighted by Crippen LogP contribution is 2.23. The molecule has 1 amide bonds. The molecule has 1 aromatic rings. The molecule has 7 heteroatoms. The molecule has 1 aromatic carbocycles. The van der Waals surface area contributed by atoms with E-state index in [0.29, 0.717) is 10.7 Å². The van der Waals surface area contributed by atoms with Gasteiger partial charge in [0.2, 0.25) is 0 Å². The number of cyclic esters (lactones) is 1. The van der Waals surface area contributed by atoms with Crippen LogP contribution in [0.2, 0.25) is 5.02 Å². The van der Waals surface area contributed by atoms with E-state index in [2.05, 4.69) is 14.8 Å². The summed E-state index contributed by atoms with van der Waals surface area (Å²) in [6.07, 6.45) is 2.11. The molecule has 0 saturated carbocycles. The van der Waals surface area contributed by atoms with E-state index in [0.717, 1.165) is 29.6 Å². The third-order valence-electron chi connectivity index (χ3n) is 2.62. The van der Waals surface area contributed by atoms with Gasteiger partial charge in [-0.3, -0.25) is 4.79 Å². The van der Waals surface area contributed by atoms with Crippen molar-refractivity contribution >= 4 is 40.4 Å². The van der Waals surface area contributed by atoms with Crippen molar-refractivity contribution in [3.05, 3.63) is 40.6 Å². The van der Waals surface area contributed by atoms with Gasteiger partial charge < -0.3 is 14.8 Å². The van der Waals surface area contributed by atoms with Crippen molar-refractivity contribution in [1.29, 1.82) is 0 Å². The van der Waals surface area contributed by atoms with E-state index in [-0.39, 0.29) is 11.8 Å². The Morgan fingerprint density at radius 1 is 1.50 bits per heavy atom. The molecule has 0 atom stereocenters. The Bertz CT molecular complexity index is 575. The van der Waals surface area contributed by atoms with Crippen LogP contribution in [-0.2, 0) is 16.0 Å². The van der Waals surface area contributed by atoms with Gasteiger partial charge in [0.25, 0.3) is 0 Å². The second kappa shape index (κ2) is 6.67. The molecule has 1 heterocycles. The fraction of sp³-hybridized carbons (Fsp3) is 0.231. The van der Waals surface area contributed by atoms with Crippen molar-refractivity contribution < 1.29 is 14.3 Å². The van der Waals surface area contributed by atoms with Gasteiger partial charge in [-0.1, -0.05) is 24.6 Å². The summed E-state index contributed by atoms with van der Waals surface area (Å²) in [5, 5.41) is 2.89. The van der Waals surface area contributed by atoms with E-state index in [1.165, 1.54) is 6.08 Å². The molecule has 0 saturated heterocycles. The van der Waals surface area contributed by atoms with Crippen molar-refractivity contribution in [3.8, 4) is 0 Å². The lowest BCUT2D eigenvalue weighted by atomic mass is 10.1. The van der Waals surface area contributed by atoms with Crippen LogP contribution >= 0.6 is 23.5 Å². The number of hydrogen-bond acceptors (Lipinski definition) is 5. The molecule has 1 aliphatic heterocycles. The number of carbonyl (C=O) groups excluding carboxylic acids is 2. The van der Waals surface area contributed by atoms with E-state index < -0.39 is 5.97 Å². The number of anilines is 1. The van der Waals surface area contributed by atoms with E-state index in [4.69, 9.17) is 11.6 Å². The van der Waals surface area contributed by atoms with Crippen molar-refractivity contribution in [2.75, 3.05) is 11.3 Å². The van der Waals surface area contributed by atoms with Crippen molar-refractivity contribution in [3.63, 3.8) is 0 Å². The molecule has 0 spiro atoms. The maximum absolute atomic E-state index is 11.6. The van der Waals surface area contributed by atoms with Crippen molar-refractivity contribution in [2.45, 2.75) is 13.3 Å². The Balaban J connectivity index is 1.85. The molecule has 2 rings (SSSR count). The molecule has 106 valence electrons. The molecule has 0 aromatic heterocycles. The maximum Gasteiger partial charge on any atom is 0.333 e. The first kappa shape index (κ1) is 14.7. The number of hydrogen-bond donors (Lipinski definition) is 2. The van der Waals surface area contributed by atoms with Crippen LogP contribution in [0.1, 0.15) is 12.5 Å². The second-order valence-electron chi connectivity index (χ2n) is 4.05. The van der Waals surface area contributed by atoms with Crippen LogP contribution in [0, 0.1) is 0 Å². The molecule has 0 aliphatic carbocycles. The fourth-order valence-electron chi connectivity index (χ4n) is 1.61. The lowest BCUT2D eigenvalue weighted by molar-refractivity contribution is -0.134. The van der Waals surface area contributed by atoms with Crippen molar-refractivity contribution in [2.24, 2.45) is 0 Å². The first-order chi connectivity index (χ1) is 9.58. The van der Waals surface area contributed by atoms with E-state index in [1.807, 2.05) is 19.1 Å². The Kier molecular flexibility index (Phi) is 4.92. The molecule has 0 bridgehead atoms. The number of carbonyl (C=O) groups is 2. The predicted octanol–water partition coefficient (Wildman–Crippen LogP) is 3.11. The van der Waals surface area contributed by atoms with Gasteiger partial charge in [0.1, 0.15) is 6.61 Å². The number of rotatable bonds is 4. The first-order valence-corrected chi connectivity index (χ1v) is 7.17. The zero-order valence-corrected chi connectivity index (χ0v) is 12.3. The first-order valence-electron chi connectivity index (χ1n) is 5.98. The van der Waals surface area contributed by atoms with E-state index in [9.17, 15) is 9.59 Å². The molecule has 0 fully saturated rings. The average molecular weight is 313 g/mol. The average Bonchev–Trinajstić information content (AvgIpc) is 2.82. The van der Waals surface area contributed by atoms with Crippen LogP contribution in [0.3, 0.4) is 0 Å². The number of nitrogens with one attached hydrogen (secondary N) is 2. The van der Waals surface area contributed by atoms with Gasteiger partial charge in [0, 0.05) is 28.7 Å². The molecular formula is C13H13ClN2O3S. The highest BCUT2D eigenvalue weighted by atomic mass is 35.5. The third kappa shape index (κ3) is 3.91. The topological polar surface area (TPSA) is 67.4 Å². The Hall–Kier alpha value is -1.66. The third-order valence-corrected chi connectivity index (χ3v) is 3.60. The van der Waals surface area contributed by atoms with Gasteiger partial charge in [-0.15, -0.1) is 0 Å². The number of aryl methyl sites for hydroxylation is 1. The number of ether oxygens (including phenoxy) is 1. The molecule has 0 radical (unpaired) electrons. The minimum atomic E-state index is -0.444. The van der Waals surface area contributed by atoms with Gasteiger partial charge in [-0.05, 0) is 24.1 Å². The fourth-order valence-corrected chi connectivity index (χ4v) is 2.44. The van der Waals surface area contributed by atoms with Gasteiger partial charge in [-0.25, -0.2) is 4.79 Å². The number of amides is 1. The van der Waals surface area contributed by atoms with Gasteiger partial charge in [-0.2, -0.15) is 0 Å². The molecular weight excluding hydrogens is 300 g/mol. The van der Waals surface area contributed by atoms with Gasteiger partial charge in [0.05, 0.1) is 5.70 Å². The normalized spacial score (nSPS) is 13.7. The van der Waals surface area contributed by atoms with Crippen LogP contribution < -0.4 is 10.0 Å². The van der Waals surface area contributed by atoms with Crippen molar-refractivity contribution in [1.82, 2.24) is 5.32 Å². The Morgan fingerprint density at radius 2 is 2.30 bits per heavy atom. The van der Waals surface area contributed by atoms with E-state index in [1.54, 1.807) is 6.07 Å². The SMILES string of the molecule is CCc1ccc(NSC(=O)NC2=CC(=O)OC2)cc1Cl. The minimum Gasteiger partial charge on any atom is -0.456 e. The summed E-state index contributed by atoms with van der Waals surface area (Å²) in [6.45, 7) is 2.12. The molecule has 0 unspecified atom stereocenters. The van der Waals surface area contributed by atoms with Gasteiger partial charge in [0.15, 0.2) is 0 Å². The minimum absolute atomic E-state index is 0.0994. The summed E-state index contributed by atoms with van der Waals surface area (Å²) in [4.78, 5) is 22.5. The van der Waals surface area contributed by atoms with Crippen LogP contribution in [0.5, 0.6) is 0 Å². The summed E-state index contributed by atoms with van der Waals surface area (Å²) in [6, 6.07) is 5.53. The number of halogens is 1. The molecule has 5 nitrogen and oxygen atoms in total. The highest BCUT2D eigenvalue weighted by molar-refractivity contribution is 8.14.